The molecule has 0 radical (unpaired) electrons. The molecule has 0 aliphatic heterocycles. The molecule has 1 aromatic rings. The van der Waals surface area contributed by atoms with E-state index in [0.717, 1.165) is 0 Å². The van der Waals surface area contributed by atoms with Gasteiger partial charge >= 0.3 is 0 Å². The first-order chi connectivity index (χ1) is 6.11. The summed E-state index contributed by atoms with van der Waals surface area (Å²) in [6.07, 6.45) is 0. The largest absolute Gasteiger partial charge is 0.481 e. The number of ether oxygens (including phenoxy) is 1. The summed E-state index contributed by atoms with van der Waals surface area (Å²) in [6, 6.07) is 3.87. The first-order valence-electron chi connectivity index (χ1n) is 4.06. The van der Waals surface area contributed by atoms with Crippen LogP contribution in [0.1, 0.15) is 25.6 Å². The predicted octanol–water partition coefficient (Wildman–Crippen LogP) is 1.53. The normalized spacial score (nSPS) is 10.1. The van der Waals surface area contributed by atoms with E-state index in [2.05, 4.69) is 6.07 Å². The smallest absolute Gasteiger partial charge is 0.218 e. The van der Waals surface area contributed by atoms with Gasteiger partial charge in [-0.3, -0.25) is 4.57 Å². The van der Waals surface area contributed by atoms with Gasteiger partial charge in [-0.25, -0.2) is 0 Å². The van der Waals surface area contributed by atoms with Crippen molar-refractivity contribution in [2.24, 2.45) is 0 Å². The molecule has 0 saturated carbocycles. The quantitative estimate of drug-likeness (QED) is 0.748. The van der Waals surface area contributed by atoms with Gasteiger partial charge in [-0.1, -0.05) is 0 Å². The van der Waals surface area contributed by atoms with E-state index >= 15 is 0 Å². The number of aromatic nitrogens is 1. The van der Waals surface area contributed by atoms with Crippen molar-refractivity contribution in [1.82, 2.24) is 4.57 Å². The standard InChI is InChI=1S/C9H13N3O/c1-6(2)12-7(5-10)4-8(11)9(12)13-3/h4,6H,11H2,1-3H3. The molecule has 0 amide bonds. The number of anilines is 1. The Labute approximate surface area is 77.5 Å². The van der Waals surface area contributed by atoms with E-state index < -0.39 is 0 Å². The summed E-state index contributed by atoms with van der Waals surface area (Å²) in [7, 11) is 1.55. The van der Waals surface area contributed by atoms with Crippen molar-refractivity contribution in [3.05, 3.63) is 11.8 Å². The van der Waals surface area contributed by atoms with Crippen LogP contribution in [-0.2, 0) is 0 Å². The number of hydrogen-bond donors (Lipinski definition) is 1. The number of nitriles is 1. The maximum absolute atomic E-state index is 8.82. The van der Waals surface area contributed by atoms with Crippen LogP contribution in [0.25, 0.3) is 0 Å². The molecule has 4 heteroatoms. The lowest BCUT2D eigenvalue weighted by Gasteiger charge is -2.12. The summed E-state index contributed by atoms with van der Waals surface area (Å²) < 4.78 is 6.88. The second kappa shape index (κ2) is 3.40. The summed E-state index contributed by atoms with van der Waals surface area (Å²) in [5.74, 6) is 0.562. The SMILES string of the molecule is COc1c(N)cc(C#N)n1C(C)C. The lowest BCUT2D eigenvalue weighted by Crippen LogP contribution is -2.05. The first-order valence-corrected chi connectivity index (χ1v) is 4.06. The van der Waals surface area contributed by atoms with Crippen LogP contribution >= 0.6 is 0 Å². The van der Waals surface area contributed by atoms with Crippen LogP contribution in [0, 0.1) is 11.3 Å². The van der Waals surface area contributed by atoms with Gasteiger partial charge in [0.15, 0.2) is 0 Å². The molecule has 2 N–H and O–H groups in total. The molecule has 0 fully saturated rings. The van der Waals surface area contributed by atoms with Gasteiger partial charge in [-0.15, -0.1) is 0 Å². The molecule has 0 bridgehead atoms. The number of nitrogen functional groups attached to an aromatic ring is 1. The number of nitrogens with zero attached hydrogens (tertiary/aromatic N) is 2. The first kappa shape index (κ1) is 9.46. The van der Waals surface area contributed by atoms with Crippen LogP contribution in [-0.4, -0.2) is 11.7 Å². The average Bonchev–Trinajstić information content (AvgIpc) is 2.41. The van der Waals surface area contributed by atoms with Crippen LogP contribution < -0.4 is 10.5 Å². The Balaban J connectivity index is 3.34. The fourth-order valence-electron chi connectivity index (χ4n) is 1.34. The summed E-state index contributed by atoms with van der Waals surface area (Å²) in [6.45, 7) is 3.95. The van der Waals surface area contributed by atoms with E-state index in [-0.39, 0.29) is 6.04 Å². The number of methoxy groups -OCH3 is 1. The summed E-state index contributed by atoms with van der Waals surface area (Å²) in [4.78, 5) is 0. The molecule has 13 heavy (non-hydrogen) atoms. The minimum atomic E-state index is 0.168. The molecule has 0 aromatic carbocycles. The summed E-state index contributed by atoms with van der Waals surface area (Å²) >= 11 is 0. The fourth-order valence-corrected chi connectivity index (χ4v) is 1.34. The van der Waals surface area contributed by atoms with Gasteiger partial charge in [-0.05, 0) is 13.8 Å². The van der Waals surface area contributed by atoms with Crippen molar-refractivity contribution in [2.75, 3.05) is 12.8 Å². The highest BCUT2D eigenvalue weighted by atomic mass is 16.5. The second-order valence-electron chi connectivity index (χ2n) is 3.07. The predicted molar refractivity (Wildman–Crippen MR) is 50.5 cm³/mol. The molecule has 70 valence electrons. The third kappa shape index (κ3) is 1.45. The van der Waals surface area contributed by atoms with Gasteiger partial charge in [0.2, 0.25) is 5.88 Å². The molecule has 0 atom stereocenters. The van der Waals surface area contributed by atoms with Crippen molar-refractivity contribution in [3.8, 4) is 11.9 Å². The Hall–Kier alpha value is -1.63. The van der Waals surface area contributed by atoms with Gasteiger partial charge in [-0.2, -0.15) is 5.26 Å². The second-order valence-corrected chi connectivity index (χ2v) is 3.07. The van der Waals surface area contributed by atoms with Gasteiger partial charge < -0.3 is 10.5 Å². The third-order valence-electron chi connectivity index (χ3n) is 1.84. The van der Waals surface area contributed by atoms with E-state index in [9.17, 15) is 0 Å². The van der Waals surface area contributed by atoms with E-state index in [1.165, 1.54) is 0 Å². The Morgan fingerprint density at radius 3 is 2.62 bits per heavy atom. The molecule has 0 spiro atoms. The van der Waals surface area contributed by atoms with Gasteiger partial charge in [0.1, 0.15) is 11.8 Å². The number of rotatable bonds is 2. The highest BCUT2D eigenvalue weighted by Crippen LogP contribution is 2.29. The van der Waals surface area contributed by atoms with Crippen molar-refractivity contribution < 1.29 is 4.74 Å². The minimum Gasteiger partial charge on any atom is -0.481 e. The molecule has 1 heterocycles. The molecule has 0 saturated heterocycles. The Bertz CT molecular complexity index is 346. The lowest BCUT2D eigenvalue weighted by molar-refractivity contribution is 0.362. The molecular weight excluding hydrogens is 166 g/mol. The van der Waals surface area contributed by atoms with Crippen LogP contribution in [0.4, 0.5) is 5.69 Å². The van der Waals surface area contributed by atoms with Crippen molar-refractivity contribution >= 4 is 5.69 Å². The van der Waals surface area contributed by atoms with Crippen molar-refractivity contribution in [1.29, 1.82) is 5.26 Å². The van der Waals surface area contributed by atoms with Crippen molar-refractivity contribution in [3.63, 3.8) is 0 Å². The van der Waals surface area contributed by atoms with E-state index in [0.29, 0.717) is 17.3 Å². The van der Waals surface area contributed by atoms with Crippen LogP contribution in [0.5, 0.6) is 5.88 Å². The highest BCUT2D eigenvalue weighted by Gasteiger charge is 2.15. The van der Waals surface area contributed by atoms with Gasteiger partial charge in [0.05, 0.1) is 12.8 Å². The lowest BCUT2D eigenvalue weighted by atomic mass is 10.3. The Morgan fingerprint density at radius 1 is 1.62 bits per heavy atom. The number of nitrogens with two attached hydrogens (primary N) is 1. The van der Waals surface area contributed by atoms with E-state index in [1.54, 1.807) is 17.7 Å². The Kier molecular flexibility index (Phi) is 2.47. The van der Waals surface area contributed by atoms with Crippen LogP contribution in [0.3, 0.4) is 0 Å². The monoisotopic (exact) mass is 179 g/mol. The Morgan fingerprint density at radius 2 is 2.23 bits per heavy atom. The molecule has 0 aliphatic rings. The highest BCUT2D eigenvalue weighted by molar-refractivity contribution is 5.55. The maximum Gasteiger partial charge on any atom is 0.218 e. The fraction of sp³-hybridized carbons (Fsp3) is 0.444. The molecular formula is C9H13N3O. The molecule has 0 unspecified atom stereocenters. The zero-order valence-corrected chi connectivity index (χ0v) is 8.03. The number of hydrogen-bond acceptors (Lipinski definition) is 3. The van der Waals surface area contributed by atoms with Crippen LogP contribution in [0.2, 0.25) is 0 Å². The molecule has 4 nitrogen and oxygen atoms in total. The topological polar surface area (TPSA) is 64.0 Å². The summed E-state index contributed by atoms with van der Waals surface area (Å²) in [5, 5.41) is 8.82. The van der Waals surface area contributed by atoms with E-state index in [4.69, 9.17) is 15.7 Å². The van der Waals surface area contributed by atoms with Crippen LogP contribution in [0.15, 0.2) is 6.07 Å². The maximum atomic E-state index is 8.82. The summed E-state index contributed by atoms with van der Waals surface area (Å²) in [5.41, 5.74) is 6.71. The molecule has 0 aliphatic carbocycles. The van der Waals surface area contributed by atoms with E-state index in [1.807, 2.05) is 13.8 Å². The van der Waals surface area contributed by atoms with Gasteiger partial charge in [0.25, 0.3) is 0 Å². The van der Waals surface area contributed by atoms with Gasteiger partial charge in [0, 0.05) is 12.1 Å². The third-order valence-corrected chi connectivity index (χ3v) is 1.84. The zero-order chi connectivity index (χ0) is 10.0. The minimum absolute atomic E-state index is 0.168. The average molecular weight is 179 g/mol. The molecule has 1 rings (SSSR count). The molecule has 1 aromatic heterocycles. The van der Waals surface area contributed by atoms with Crippen molar-refractivity contribution in [2.45, 2.75) is 19.9 Å². The zero-order valence-electron chi connectivity index (χ0n) is 8.03.